The van der Waals surface area contributed by atoms with Crippen molar-refractivity contribution in [2.75, 3.05) is 6.54 Å². The van der Waals surface area contributed by atoms with Crippen LogP contribution in [0.3, 0.4) is 0 Å². The van der Waals surface area contributed by atoms with Crippen LogP contribution in [0.1, 0.15) is 41.6 Å². The molecule has 0 bridgehead atoms. The van der Waals surface area contributed by atoms with Gasteiger partial charge >= 0.3 is 0 Å². The van der Waals surface area contributed by atoms with Crippen molar-refractivity contribution in [1.29, 1.82) is 5.26 Å². The second-order valence-corrected chi connectivity index (χ2v) is 4.06. The number of nitrogens with zero attached hydrogens (tertiary/aromatic N) is 3. The van der Waals surface area contributed by atoms with Gasteiger partial charge in [-0.2, -0.15) is 5.26 Å². The van der Waals surface area contributed by atoms with Crippen molar-refractivity contribution in [1.82, 2.24) is 14.9 Å². The topological polar surface area (TPSA) is 78.7 Å². The minimum Gasteiger partial charge on any atom is -0.350 e. The third-order valence-corrected chi connectivity index (χ3v) is 2.53. The number of carbonyl (C=O) groups excluding carboxylic acids is 1. The average Bonchev–Trinajstić information content (AvgIpc) is 2.66. The molecule has 0 radical (unpaired) electrons. The highest BCUT2D eigenvalue weighted by Gasteiger charge is 2.17. The van der Waals surface area contributed by atoms with E-state index in [9.17, 15) is 4.79 Å². The first-order valence-corrected chi connectivity index (χ1v) is 5.41. The molecule has 0 aliphatic heterocycles. The maximum Gasteiger partial charge on any atom is 0.264 e. The van der Waals surface area contributed by atoms with Crippen LogP contribution in [-0.2, 0) is 0 Å². The molecule has 0 aliphatic carbocycles. The summed E-state index contributed by atoms with van der Waals surface area (Å²) in [6.07, 6.45) is 0.314. The Morgan fingerprint density at radius 3 is 3.00 bits per heavy atom. The van der Waals surface area contributed by atoms with E-state index in [1.807, 2.05) is 19.9 Å². The molecule has 5 nitrogen and oxygen atoms in total. The zero-order chi connectivity index (χ0) is 11.3. The van der Waals surface area contributed by atoms with Gasteiger partial charge in [0.2, 0.25) is 0 Å². The standard InChI is InChI=1S/C9H12N4OS/c1-6(2)7-8(15-13-12-7)9(14)11-5-3-4-10/h6H,3,5H2,1-2H3,(H,11,14). The fourth-order valence-electron chi connectivity index (χ4n) is 1.05. The molecular formula is C9H12N4OS. The molecule has 80 valence electrons. The second-order valence-electron chi connectivity index (χ2n) is 3.31. The van der Waals surface area contributed by atoms with E-state index in [4.69, 9.17) is 5.26 Å². The van der Waals surface area contributed by atoms with E-state index in [-0.39, 0.29) is 11.8 Å². The molecule has 6 heteroatoms. The predicted molar refractivity (Wildman–Crippen MR) is 56.6 cm³/mol. The van der Waals surface area contributed by atoms with Gasteiger partial charge in [0.05, 0.1) is 18.2 Å². The van der Waals surface area contributed by atoms with E-state index in [1.165, 1.54) is 0 Å². The molecule has 0 atom stereocenters. The van der Waals surface area contributed by atoms with Gasteiger partial charge in [-0.1, -0.05) is 18.3 Å². The molecule has 1 rings (SSSR count). The van der Waals surface area contributed by atoms with Crippen LogP contribution < -0.4 is 5.32 Å². The highest BCUT2D eigenvalue weighted by Crippen LogP contribution is 2.19. The van der Waals surface area contributed by atoms with Gasteiger partial charge in [-0.15, -0.1) is 5.10 Å². The Balaban J connectivity index is 2.66. The number of nitriles is 1. The van der Waals surface area contributed by atoms with E-state index >= 15 is 0 Å². The molecule has 1 N–H and O–H groups in total. The van der Waals surface area contributed by atoms with Gasteiger partial charge in [0.15, 0.2) is 0 Å². The first-order chi connectivity index (χ1) is 7.16. The molecule has 0 spiro atoms. The lowest BCUT2D eigenvalue weighted by molar-refractivity contribution is 0.0957. The van der Waals surface area contributed by atoms with Gasteiger partial charge in [0.25, 0.3) is 5.91 Å². The van der Waals surface area contributed by atoms with Crippen molar-refractivity contribution in [3.8, 4) is 6.07 Å². The van der Waals surface area contributed by atoms with Crippen molar-refractivity contribution < 1.29 is 4.79 Å². The van der Waals surface area contributed by atoms with Gasteiger partial charge in [-0.05, 0) is 17.5 Å². The minimum atomic E-state index is -0.191. The monoisotopic (exact) mass is 224 g/mol. The fourth-order valence-corrected chi connectivity index (χ4v) is 1.78. The molecule has 0 saturated carbocycles. The van der Waals surface area contributed by atoms with Crippen LogP contribution in [0, 0.1) is 11.3 Å². The summed E-state index contributed by atoms with van der Waals surface area (Å²) in [6, 6.07) is 1.96. The van der Waals surface area contributed by atoms with E-state index in [0.717, 1.165) is 17.2 Å². The van der Waals surface area contributed by atoms with Crippen LogP contribution in [0.4, 0.5) is 0 Å². The van der Waals surface area contributed by atoms with Crippen LogP contribution in [-0.4, -0.2) is 22.0 Å². The highest BCUT2D eigenvalue weighted by atomic mass is 32.1. The Hall–Kier alpha value is -1.48. The summed E-state index contributed by atoms with van der Waals surface area (Å²) in [7, 11) is 0. The Bertz CT molecular complexity index is 380. The zero-order valence-electron chi connectivity index (χ0n) is 8.65. The van der Waals surface area contributed by atoms with Gasteiger partial charge in [0, 0.05) is 6.54 Å². The SMILES string of the molecule is CC(C)c1nnsc1C(=O)NCCC#N. The van der Waals surface area contributed by atoms with Crippen LogP contribution in [0.5, 0.6) is 0 Å². The Morgan fingerprint density at radius 2 is 2.40 bits per heavy atom. The maximum atomic E-state index is 11.6. The molecule has 0 aromatic carbocycles. The summed E-state index contributed by atoms with van der Waals surface area (Å²) >= 11 is 1.09. The normalized spacial score (nSPS) is 10.0. The van der Waals surface area contributed by atoms with E-state index in [0.29, 0.717) is 17.8 Å². The van der Waals surface area contributed by atoms with E-state index in [2.05, 4.69) is 14.9 Å². The lowest BCUT2D eigenvalue weighted by atomic mass is 10.1. The van der Waals surface area contributed by atoms with Crippen LogP contribution in [0.2, 0.25) is 0 Å². The van der Waals surface area contributed by atoms with Gasteiger partial charge in [0.1, 0.15) is 4.88 Å². The van der Waals surface area contributed by atoms with Crippen LogP contribution in [0.25, 0.3) is 0 Å². The quantitative estimate of drug-likeness (QED) is 0.782. The van der Waals surface area contributed by atoms with Crippen molar-refractivity contribution in [2.45, 2.75) is 26.2 Å². The smallest absolute Gasteiger partial charge is 0.264 e. The summed E-state index contributed by atoms with van der Waals surface area (Å²) < 4.78 is 3.76. The molecule has 15 heavy (non-hydrogen) atoms. The number of hydrogen-bond donors (Lipinski definition) is 1. The molecule has 1 heterocycles. The number of hydrogen-bond acceptors (Lipinski definition) is 5. The maximum absolute atomic E-state index is 11.6. The van der Waals surface area contributed by atoms with E-state index in [1.54, 1.807) is 0 Å². The lowest BCUT2D eigenvalue weighted by Crippen LogP contribution is -2.24. The van der Waals surface area contributed by atoms with Crippen LogP contribution in [0.15, 0.2) is 0 Å². The molecule has 1 amide bonds. The molecule has 0 fully saturated rings. The van der Waals surface area contributed by atoms with E-state index < -0.39 is 0 Å². The molecular weight excluding hydrogens is 212 g/mol. The Labute approximate surface area is 92.3 Å². The fraction of sp³-hybridized carbons (Fsp3) is 0.556. The third-order valence-electron chi connectivity index (χ3n) is 1.79. The summed E-state index contributed by atoms with van der Waals surface area (Å²) in [5, 5.41) is 14.9. The summed E-state index contributed by atoms with van der Waals surface area (Å²) in [5.41, 5.74) is 0.717. The molecule has 1 aromatic heterocycles. The summed E-state index contributed by atoms with van der Waals surface area (Å²) in [4.78, 5) is 12.2. The number of aromatic nitrogens is 2. The largest absolute Gasteiger partial charge is 0.350 e. The van der Waals surface area contributed by atoms with Gasteiger partial charge in [-0.25, -0.2) is 0 Å². The second kappa shape index (κ2) is 5.41. The predicted octanol–water partition coefficient (Wildman–Crippen LogP) is 1.30. The Kier molecular flexibility index (Phi) is 4.18. The molecule has 1 aromatic rings. The van der Waals surface area contributed by atoms with Crippen molar-refractivity contribution in [3.05, 3.63) is 10.6 Å². The minimum absolute atomic E-state index is 0.181. The summed E-state index contributed by atoms with van der Waals surface area (Å²) in [5.74, 6) is -0.00980. The third kappa shape index (κ3) is 2.99. The zero-order valence-corrected chi connectivity index (χ0v) is 9.47. The first-order valence-electron chi connectivity index (χ1n) is 4.64. The summed E-state index contributed by atoms with van der Waals surface area (Å²) in [6.45, 7) is 4.29. The molecule has 0 saturated heterocycles. The van der Waals surface area contributed by atoms with Gasteiger partial charge in [-0.3, -0.25) is 4.79 Å². The first kappa shape index (κ1) is 11.6. The van der Waals surface area contributed by atoms with Gasteiger partial charge < -0.3 is 5.32 Å². The van der Waals surface area contributed by atoms with Crippen molar-refractivity contribution in [2.24, 2.45) is 0 Å². The number of rotatable bonds is 4. The van der Waals surface area contributed by atoms with Crippen molar-refractivity contribution in [3.63, 3.8) is 0 Å². The molecule has 0 aliphatic rings. The number of amides is 1. The highest BCUT2D eigenvalue weighted by molar-refractivity contribution is 7.08. The molecule has 0 unspecified atom stereocenters. The lowest BCUT2D eigenvalue weighted by Gasteiger charge is -2.03. The van der Waals surface area contributed by atoms with Crippen molar-refractivity contribution >= 4 is 17.4 Å². The number of carbonyl (C=O) groups is 1. The number of nitrogens with one attached hydrogen (secondary N) is 1. The average molecular weight is 224 g/mol. The van der Waals surface area contributed by atoms with Crippen LogP contribution >= 0.6 is 11.5 Å². The Morgan fingerprint density at radius 1 is 1.67 bits per heavy atom.